The minimum absolute atomic E-state index is 0.490. The van der Waals surface area contributed by atoms with Gasteiger partial charge in [0.05, 0.1) is 0 Å². The molecule has 0 atom stereocenters. The van der Waals surface area contributed by atoms with Gasteiger partial charge in [-0.1, -0.05) is 27.7 Å². The molecule has 1 rings (SSSR count). The Morgan fingerprint density at radius 1 is 1.42 bits per heavy atom. The van der Waals surface area contributed by atoms with E-state index in [-0.39, 0.29) is 0 Å². The Labute approximate surface area is 79.1 Å². The number of hydrogen-bond acceptors (Lipinski definition) is 2. The molecule has 0 fully saturated rings. The van der Waals surface area contributed by atoms with Gasteiger partial charge < -0.3 is 4.98 Å². The van der Waals surface area contributed by atoms with Gasteiger partial charge in [-0.05, 0) is 24.2 Å². The Hall–Kier alpha value is -0.700. The molecule has 0 saturated heterocycles. The lowest BCUT2D eigenvalue weighted by Crippen LogP contribution is -1.92. The molecular weight excluding hydrogens is 168 g/mol. The van der Waals surface area contributed by atoms with E-state index in [0.29, 0.717) is 10.7 Å². The summed E-state index contributed by atoms with van der Waals surface area (Å²) in [7, 11) is 0. The molecule has 0 aliphatic rings. The number of nitrogens with zero attached hydrogens (tertiary/aromatic N) is 1. The molecule has 1 aromatic heterocycles. The van der Waals surface area contributed by atoms with Gasteiger partial charge in [0.25, 0.3) is 0 Å². The molecule has 0 amide bonds. The zero-order chi connectivity index (χ0) is 9.56. The monoisotopic (exact) mass is 184 g/mol. The Balaban J connectivity index is 0.000000561. The van der Waals surface area contributed by atoms with Crippen LogP contribution < -0.4 is 0 Å². The Bertz CT molecular complexity index is 265. The summed E-state index contributed by atoms with van der Waals surface area (Å²) >= 11 is 4.85. The van der Waals surface area contributed by atoms with Gasteiger partial charge in [0, 0.05) is 11.9 Å². The highest BCUT2D eigenvalue weighted by atomic mass is 32.1. The largest absolute Gasteiger partial charge is 0.334 e. The lowest BCUT2D eigenvalue weighted by Gasteiger charge is -2.02. The fourth-order valence-electron chi connectivity index (χ4n) is 0.719. The molecule has 0 unspecified atom stereocenters. The highest BCUT2D eigenvalue weighted by Gasteiger charge is 1.95. The predicted molar refractivity (Wildman–Crippen MR) is 54.9 cm³/mol. The molecule has 0 radical (unpaired) electrons. The minimum atomic E-state index is 0.490. The molecular formula is C9H16N2S. The average Bonchev–Trinajstić information content (AvgIpc) is 2.08. The molecule has 1 aromatic rings. The standard InChI is InChI=1S/C7H10N2S.C2H6/c1-5(2)6-3-4-8-7(10)9-6;1-2/h3-5H,1-2H3,(H,8,9,10);1-2H3. The lowest BCUT2D eigenvalue weighted by molar-refractivity contribution is 0.810. The molecule has 0 aromatic carbocycles. The maximum absolute atomic E-state index is 4.85. The number of H-pyrrole nitrogens is 1. The van der Waals surface area contributed by atoms with Crippen LogP contribution in [-0.4, -0.2) is 9.97 Å². The molecule has 3 heteroatoms. The third-order valence-electron chi connectivity index (χ3n) is 1.32. The maximum atomic E-state index is 4.85. The van der Waals surface area contributed by atoms with E-state index >= 15 is 0 Å². The number of rotatable bonds is 1. The van der Waals surface area contributed by atoms with Crippen molar-refractivity contribution in [2.45, 2.75) is 33.6 Å². The summed E-state index contributed by atoms with van der Waals surface area (Å²) in [4.78, 5) is 6.89. The van der Waals surface area contributed by atoms with E-state index in [1.807, 2.05) is 19.9 Å². The topological polar surface area (TPSA) is 28.7 Å². The van der Waals surface area contributed by atoms with Crippen LogP contribution >= 0.6 is 12.2 Å². The molecule has 0 saturated carbocycles. The first kappa shape index (κ1) is 11.3. The van der Waals surface area contributed by atoms with Crippen LogP contribution in [0.1, 0.15) is 39.3 Å². The van der Waals surface area contributed by atoms with Gasteiger partial charge >= 0.3 is 0 Å². The van der Waals surface area contributed by atoms with Crippen LogP contribution in [0.15, 0.2) is 12.3 Å². The smallest absolute Gasteiger partial charge is 0.196 e. The van der Waals surface area contributed by atoms with Crippen LogP contribution in [-0.2, 0) is 0 Å². The third kappa shape index (κ3) is 3.62. The van der Waals surface area contributed by atoms with Gasteiger partial charge in [-0.25, -0.2) is 4.98 Å². The molecule has 1 N–H and O–H groups in total. The van der Waals surface area contributed by atoms with E-state index in [4.69, 9.17) is 12.2 Å². The van der Waals surface area contributed by atoms with Crippen molar-refractivity contribution in [3.8, 4) is 0 Å². The van der Waals surface area contributed by atoms with Crippen molar-refractivity contribution in [1.29, 1.82) is 0 Å². The Morgan fingerprint density at radius 3 is 2.33 bits per heavy atom. The third-order valence-corrected chi connectivity index (χ3v) is 1.53. The van der Waals surface area contributed by atoms with Crippen molar-refractivity contribution in [2.75, 3.05) is 0 Å². The first-order valence-corrected chi connectivity index (χ1v) is 4.66. The Morgan fingerprint density at radius 2 is 2.00 bits per heavy atom. The second kappa shape index (κ2) is 5.89. The summed E-state index contributed by atoms with van der Waals surface area (Å²) in [6.45, 7) is 8.22. The summed E-state index contributed by atoms with van der Waals surface area (Å²) in [5.74, 6) is 0.490. The fourth-order valence-corrected chi connectivity index (χ4v) is 0.898. The zero-order valence-electron chi connectivity index (χ0n) is 8.09. The van der Waals surface area contributed by atoms with E-state index in [2.05, 4.69) is 23.8 Å². The molecule has 0 aliphatic carbocycles. The normalized spacial score (nSPS) is 9.08. The highest BCUT2D eigenvalue weighted by Crippen LogP contribution is 2.08. The highest BCUT2D eigenvalue weighted by molar-refractivity contribution is 7.71. The minimum Gasteiger partial charge on any atom is -0.334 e. The van der Waals surface area contributed by atoms with Gasteiger partial charge in [-0.3, -0.25) is 0 Å². The molecule has 0 aliphatic heterocycles. The van der Waals surface area contributed by atoms with Crippen molar-refractivity contribution in [1.82, 2.24) is 9.97 Å². The van der Waals surface area contributed by atoms with Crippen LogP contribution in [0, 0.1) is 4.77 Å². The molecule has 68 valence electrons. The molecule has 0 spiro atoms. The number of hydrogen-bond donors (Lipinski definition) is 1. The van der Waals surface area contributed by atoms with Crippen LogP contribution in [0.3, 0.4) is 0 Å². The summed E-state index contributed by atoms with van der Waals surface area (Å²) < 4.78 is 0.561. The van der Waals surface area contributed by atoms with Gasteiger partial charge in [0.2, 0.25) is 0 Å². The van der Waals surface area contributed by atoms with Crippen molar-refractivity contribution < 1.29 is 0 Å². The number of aromatic nitrogens is 2. The van der Waals surface area contributed by atoms with Gasteiger partial charge in [-0.15, -0.1) is 0 Å². The summed E-state index contributed by atoms with van der Waals surface area (Å²) in [5, 5.41) is 0. The lowest BCUT2D eigenvalue weighted by atomic mass is 10.1. The first-order chi connectivity index (χ1) is 5.70. The second-order valence-electron chi connectivity index (χ2n) is 2.49. The van der Waals surface area contributed by atoms with Crippen LogP contribution in [0.25, 0.3) is 0 Å². The van der Waals surface area contributed by atoms with E-state index in [1.54, 1.807) is 6.20 Å². The maximum Gasteiger partial charge on any atom is 0.196 e. The second-order valence-corrected chi connectivity index (χ2v) is 2.87. The quantitative estimate of drug-likeness (QED) is 0.678. The van der Waals surface area contributed by atoms with Crippen molar-refractivity contribution in [3.63, 3.8) is 0 Å². The SMILES string of the molecule is CC.CC(C)c1ccnc(=S)[nH]1. The van der Waals surface area contributed by atoms with Gasteiger partial charge in [0.15, 0.2) is 4.77 Å². The zero-order valence-corrected chi connectivity index (χ0v) is 8.90. The number of nitrogens with one attached hydrogen (secondary N) is 1. The first-order valence-electron chi connectivity index (χ1n) is 4.25. The average molecular weight is 184 g/mol. The molecule has 12 heavy (non-hydrogen) atoms. The Kier molecular flexibility index (Phi) is 5.54. The number of aromatic amines is 1. The van der Waals surface area contributed by atoms with E-state index < -0.39 is 0 Å². The van der Waals surface area contributed by atoms with Gasteiger partial charge in [-0.2, -0.15) is 0 Å². The van der Waals surface area contributed by atoms with E-state index in [9.17, 15) is 0 Å². The molecule has 2 nitrogen and oxygen atoms in total. The van der Waals surface area contributed by atoms with Crippen LogP contribution in [0.4, 0.5) is 0 Å². The predicted octanol–water partition coefficient (Wildman–Crippen LogP) is 3.29. The fraction of sp³-hybridized carbons (Fsp3) is 0.556. The summed E-state index contributed by atoms with van der Waals surface area (Å²) in [5.41, 5.74) is 1.14. The van der Waals surface area contributed by atoms with Gasteiger partial charge in [0.1, 0.15) is 0 Å². The van der Waals surface area contributed by atoms with Crippen LogP contribution in [0.5, 0.6) is 0 Å². The van der Waals surface area contributed by atoms with Crippen molar-refractivity contribution in [3.05, 3.63) is 22.7 Å². The van der Waals surface area contributed by atoms with E-state index in [0.717, 1.165) is 5.69 Å². The van der Waals surface area contributed by atoms with E-state index in [1.165, 1.54) is 0 Å². The molecule has 0 bridgehead atoms. The van der Waals surface area contributed by atoms with Crippen molar-refractivity contribution in [2.24, 2.45) is 0 Å². The van der Waals surface area contributed by atoms with Crippen molar-refractivity contribution >= 4 is 12.2 Å². The summed E-state index contributed by atoms with van der Waals surface area (Å²) in [6, 6.07) is 1.94. The summed E-state index contributed by atoms with van der Waals surface area (Å²) in [6.07, 6.45) is 1.73. The molecule has 1 heterocycles. The van der Waals surface area contributed by atoms with Crippen LogP contribution in [0.2, 0.25) is 0 Å².